The fourth-order valence-electron chi connectivity index (χ4n) is 2.94. The van der Waals surface area contributed by atoms with Crippen LogP contribution in [0.2, 0.25) is 0 Å². The standard InChI is InChI=1S/C15H21N3O2.ClH/c16-9-13-10-17(7-8-20-13)11-15(19)18-6-5-12-3-1-2-4-14(12)18;/h1-4,13H,5-11,16H2;1H. The molecule has 0 bridgehead atoms. The molecule has 0 saturated carbocycles. The van der Waals surface area contributed by atoms with Crippen LogP contribution in [-0.4, -0.2) is 56.2 Å². The number of carbonyl (C=O) groups is 1. The van der Waals surface area contributed by atoms with Gasteiger partial charge in [-0.1, -0.05) is 18.2 Å². The van der Waals surface area contributed by atoms with E-state index in [4.69, 9.17) is 10.5 Å². The summed E-state index contributed by atoms with van der Waals surface area (Å²) in [4.78, 5) is 16.5. The zero-order valence-electron chi connectivity index (χ0n) is 12.0. The van der Waals surface area contributed by atoms with E-state index >= 15 is 0 Å². The molecular weight excluding hydrogens is 290 g/mol. The molecule has 2 aliphatic heterocycles. The Labute approximate surface area is 131 Å². The smallest absolute Gasteiger partial charge is 0.241 e. The SMILES string of the molecule is Cl.NCC1CN(CC(=O)N2CCc3ccccc32)CCO1. The zero-order chi connectivity index (χ0) is 13.9. The lowest BCUT2D eigenvalue weighted by atomic mass is 10.2. The zero-order valence-corrected chi connectivity index (χ0v) is 12.8. The number of para-hydroxylation sites is 1. The molecule has 1 aromatic carbocycles. The molecule has 0 spiro atoms. The van der Waals surface area contributed by atoms with Gasteiger partial charge in [0.2, 0.25) is 5.91 Å². The lowest BCUT2D eigenvalue weighted by Gasteiger charge is -2.32. The summed E-state index contributed by atoms with van der Waals surface area (Å²) in [6, 6.07) is 8.15. The van der Waals surface area contributed by atoms with Crippen LogP contribution in [0.1, 0.15) is 5.56 Å². The molecule has 1 aromatic rings. The van der Waals surface area contributed by atoms with Crippen molar-refractivity contribution in [3.8, 4) is 0 Å². The normalized spacial score (nSPS) is 21.8. The van der Waals surface area contributed by atoms with E-state index in [0.29, 0.717) is 19.7 Å². The second-order valence-electron chi connectivity index (χ2n) is 5.39. The first-order valence-corrected chi connectivity index (χ1v) is 7.20. The molecule has 1 unspecified atom stereocenters. The van der Waals surface area contributed by atoms with Gasteiger partial charge >= 0.3 is 0 Å². The summed E-state index contributed by atoms with van der Waals surface area (Å²) < 4.78 is 5.53. The molecular formula is C15H22ClN3O2. The number of carbonyl (C=O) groups excluding carboxylic acids is 1. The number of nitrogens with zero attached hydrogens (tertiary/aromatic N) is 2. The number of ether oxygens (including phenoxy) is 1. The van der Waals surface area contributed by atoms with Gasteiger partial charge in [0, 0.05) is 31.9 Å². The molecule has 6 heteroatoms. The summed E-state index contributed by atoms with van der Waals surface area (Å²) >= 11 is 0. The monoisotopic (exact) mass is 311 g/mol. The van der Waals surface area contributed by atoms with E-state index in [1.54, 1.807) is 0 Å². The predicted molar refractivity (Wildman–Crippen MR) is 85.0 cm³/mol. The first-order chi connectivity index (χ1) is 9.78. The molecule has 0 aromatic heterocycles. The second-order valence-corrected chi connectivity index (χ2v) is 5.39. The van der Waals surface area contributed by atoms with Crippen LogP contribution in [-0.2, 0) is 16.0 Å². The number of morpholine rings is 1. The Bertz CT molecular complexity index is 498. The van der Waals surface area contributed by atoms with E-state index in [9.17, 15) is 4.79 Å². The van der Waals surface area contributed by atoms with Crippen LogP contribution in [0.25, 0.3) is 0 Å². The molecule has 2 heterocycles. The maximum absolute atomic E-state index is 12.5. The van der Waals surface area contributed by atoms with E-state index in [1.165, 1.54) is 5.56 Å². The third kappa shape index (κ3) is 3.55. The Morgan fingerprint density at radius 3 is 2.95 bits per heavy atom. The summed E-state index contributed by atoms with van der Waals surface area (Å²) in [6.45, 7) is 3.97. The minimum atomic E-state index is 0. The predicted octanol–water partition coefficient (Wildman–Crippen LogP) is 0.657. The Hall–Kier alpha value is -1.14. The lowest BCUT2D eigenvalue weighted by molar-refractivity contribution is -0.121. The van der Waals surface area contributed by atoms with Crippen molar-refractivity contribution in [3.05, 3.63) is 29.8 Å². The lowest BCUT2D eigenvalue weighted by Crippen LogP contribution is -2.49. The molecule has 1 saturated heterocycles. The van der Waals surface area contributed by atoms with Gasteiger partial charge in [-0.2, -0.15) is 0 Å². The summed E-state index contributed by atoms with van der Waals surface area (Å²) in [6.07, 6.45) is 1.01. The van der Waals surface area contributed by atoms with Gasteiger partial charge in [0.25, 0.3) is 0 Å². The fourth-order valence-corrected chi connectivity index (χ4v) is 2.94. The quantitative estimate of drug-likeness (QED) is 0.891. The highest BCUT2D eigenvalue weighted by atomic mass is 35.5. The number of benzene rings is 1. The highest BCUT2D eigenvalue weighted by molar-refractivity contribution is 5.96. The molecule has 3 rings (SSSR count). The van der Waals surface area contributed by atoms with E-state index < -0.39 is 0 Å². The molecule has 0 aliphatic carbocycles. The fraction of sp³-hybridized carbons (Fsp3) is 0.533. The van der Waals surface area contributed by atoms with Crippen LogP contribution in [0, 0.1) is 0 Å². The summed E-state index contributed by atoms with van der Waals surface area (Å²) in [7, 11) is 0. The molecule has 1 atom stereocenters. The van der Waals surface area contributed by atoms with Crippen molar-refractivity contribution in [2.75, 3.05) is 44.2 Å². The number of amides is 1. The third-order valence-electron chi connectivity index (χ3n) is 4.03. The van der Waals surface area contributed by atoms with Gasteiger partial charge in [-0.05, 0) is 18.1 Å². The second kappa shape index (κ2) is 7.22. The first kappa shape index (κ1) is 16.2. The number of rotatable bonds is 3. The molecule has 1 amide bonds. The van der Waals surface area contributed by atoms with Crippen LogP contribution >= 0.6 is 12.4 Å². The largest absolute Gasteiger partial charge is 0.374 e. The number of hydrogen-bond donors (Lipinski definition) is 1. The Morgan fingerprint density at radius 1 is 1.33 bits per heavy atom. The Morgan fingerprint density at radius 2 is 2.14 bits per heavy atom. The van der Waals surface area contributed by atoms with Gasteiger partial charge in [-0.15, -0.1) is 12.4 Å². The van der Waals surface area contributed by atoms with Gasteiger partial charge in [-0.3, -0.25) is 9.69 Å². The topological polar surface area (TPSA) is 58.8 Å². The van der Waals surface area contributed by atoms with Crippen LogP contribution in [0.3, 0.4) is 0 Å². The van der Waals surface area contributed by atoms with Gasteiger partial charge < -0.3 is 15.4 Å². The van der Waals surface area contributed by atoms with Gasteiger partial charge in [0.1, 0.15) is 0 Å². The molecule has 21 heavy (non-hydrogen) atoms. The molecule has 116 valence electrons. The van der Waals surface area contributed by atoms with Crippen molar-refractivity contribution in [2.45, 2.75) is 12.5 Å². The van der Waals surface area contributed by atoms with Gasteiger partial charge in [0.05, 0.1) is 19.3 Å². The first-order valence-electron chi connectivity index (χ1n) is 7.20. The third-order valence-corrected chi connectivity index (χ3v) is 4.03. The van der Waals surface area contributed by atoms with Crippen molar-refractivity contribution in [2.24, 2.45) is 5.73 Å². The number of nitrogens with two attached hydrogens (primary N) is 1. The summed E-state index contributed by atoms with van der Waals surface area (Å²) in [5.74, 6) is 0.174. The minimum absolute atomic E-state index is 0. The number of fused-ring (bicyclic) bond motifs is 1. The molecule has 1 fully saturated rings. The van der Waals surface area contributed by atoms with Crippen molar-refractivity contribution >= 4 is 24.0 Å². The van der Waals surface area contributed by atoms with Crippen LogP contribution in [0.5, 0.6) is 0 Å². The average Bonchev–Trinajstić information content (AvgIpc) is 2.91. The van der Waals surface area contributed by atoms with E-state index in [2.05, 4.69) is 11.0 Å². The number of hydrogen-bond acceptors (Lipinski definition) is 4. The molecule has 0 radical (unpaired) electrons. The van der Waals surface area contributed by atoms with Gasteiger partial charge in [0.15, 0.2) is 0 Å². The highest BCUT2D eigenvalue weighted by Crippen LogP contribution is 2.27. The summed E-state index contributed by atoms with van der Waals surface area (Å²) in [5.41, 5.74) is 7.97. The van der Waals surface area contributed by atoms with Crippen molar-refractivity contribution in [1.29, 1.82) is 0 Å². The number of halogens is 1. The van der Waals surface area contributed by atoms with Crippen LogP contribution < -0.4 is 10.6 Å². The average molecular weight is 312 g/mol. The highest BCUT2D eigenvalue weighted by Gasteiger charge is 2.27. The van der Waals surface area contributed by atoms with Crippen molar-refractivity contribution < 1.29 is 9.53 Å². The van der Waals surface area contributed by atoms with Gasteiger partial charge in [-0.25, -0.2) is 0 Å². The maximum atomic E-state index is 12.5. The minimum Gasteiger partial charge on any atom is -0.374 e. The Kier molecular flexibility index (Phi) is 5.58. The van der Waals surface area contributed by atoms with Crippen LogP contribution in [0.4, 0.5) is 5.69 Å². The molecule has 5 nitrogen and oxygen atoms in total. The van der Waals surface area contributed by atoms with E-state index in [1.807, 2.05) is 23.1 Å². The van der Waals surface area contributed by atoms with E-state index in [0.717, 1.165) is 31.7 Å². The van der Waals surface area contributed by atoms with E-state index in [-0.39, 0.29) is 24.4 Å². The summed E-state index contributed by atoms with van der Waals surface area (Å²) in [5, 5.41) is 0. The molecule has 2 N–H and O–H groups in total. The Balaban J connectivity index is 0.00000161. The van der Waals surface area contributed by atoms with Crippen molar-refractivity contribution in [1.82, 2.24) is 4.90 Å². The number of anilines is 1. The van der Waals surface area contributed by atoms with Crippen LogP contribution in [0.15, 0.2) is 24.3 Å². The molecule has 2 aliphatic rings. The van der Waals surface area contributed by atoms with Crippen molar-refractivity contribution in [3.63, 3.8) is 0 Å². The maximum Gasteiger partial charge on any atom is 0.241 e.